The number of halogens is 1. The smallest absolute Gasteiger partial charge is 0.123 e. The molecule has 4 heteroatoms. The van der Waals surface area contributed by atoms with E-state index in [1.807, 2.05) is 6.92 Å². The van der Waals surface area contributed by atoms with Crippen LogP contribution in [0.3, 0.4) is 0 Å². The molecule has 0 bridgehead atoms. The van der Waals surface area contributed by atoms with Crippen LogP contribution in [0.15, 0.2) is 24.3 Å². The summed E-state index contributed by atoms with van der Waals surface area (Å²) in [4.78, 5) is 0. The first kappa shape index (κ1) is 15.4. The zero-order valence-corrected chi connectivity index (χ0v) is 12.4. The number of hydrogen-bond acceptors (Lipinski definition) is 3. The molecule has 1 aliphatic rings. The summed E-state index contributed by atoms with van der Waals surface area (Å²) >= 11 is 0. The highest BCUT2D eigenvalue weighted by atomic mass is 19.1. The van der Waals surface area contributed by atoms with E-state index in [0.29, 0.717) is 12.6 Å². The quantitative estimate of drug-likeness (QED) is 0.842. The summed E-state index contributed by atoms with van der Waals surface area (Å²) in [5.74, 6) is -0.284. The van der Waals surface area contributed by atoms with Crippen molar-refractivity contribution in [2.75, 3.05) is 13.2 Å². The Labute approximate surface area is 120 Å². The molecule has 3 atom stereocenters. The minimum absolute atomic E-state index is 0.0819. The molecule has 2 N–H and O–H groups in total. The molecule has 1 aromatic carbocycles. The number of rotatable bonds is 6. The summed E-state index contributed by atoms with van der Waals surface area (Å²) < 4.78 is 18.5. The fourth-order valence-electron chi connectivity index (χ4n) is 2.77. The molecule has 3 unspecified atom stereocenters. The van der Waals surface area contributed by atoms with Crippen LogP contribution in [-0.4, -0.2) is 30.4 Å². The van der Waals surface area contributed by atoms with Crippen LogP contribution < -0.4 is 5.32 Å². The maximum atomic E-state index is 12.8. The van der Waals surface area contributed by atoms with Gasteiger partial charge in [0.2, 0.25) is 0 Å². The lowest BCUT2D eigenvalue weighted by atomic mass is 9.64. The average molecular weight is 281 g/mol. The third-order valence-electron chi connectivity index (χ3n) is 4.36. The van der Waals surface area contributed by atoms with Gasteiger partial charge in [-0.3, -0.25) is 0 Å². The summed E-state index contributed by atoms with van der Waals surface area (Å²) in [5.41, 5.74) is 0.816. The first-order chi connectivity index (χ1) is 9.45. The van der Waals surface area contributed by atoms with Crippen LogP contribution in [0.4, 0.5) is 4.39 Å². The van der Waals surface area contributed by atoms with Gasteiger partial charge in [-0.25, -0.2) is 4.39 Å². The SMILES string of the molecule is CCOC1CC(NCC(O)c2ccc(F)cc2)C1(C)C. The summed E-state index contributed by atoms with van der Waals surface area (Å²) in [5, 5.41) is 13.5. The first-order valence-electron chi connectivity index (χ1n) is 7.23. The minimum Gasteiger partial charge on any atom is -0.387 e. The zero-order valence-electron chi connectivity index (χ0n) is 12.4. The molecule has 0 radical (unpaired) electrons. The van der Waals surface area contributed by atoms with E-state index in [1.54, 1.807) is 12.1 Å². The number of hydrogen-bond donors (Lipinski definition) is 2. The van der Waals surface area contributed by atoms with Crippen LogP contribution in [-0.2, 0) is 4.74 Å². The predicted octanol–water partition coefficient (Wildman–Crippen LogP) is 2.65. The molecule has 0 amide bonds. The van der Waals surface area contributed by atoms with E-state index < -0.39 is 6.10 Å². The van der Waals surface area contributed by atoms with Crippen molar-refractivity contribution in [3.8, 4) is 0 Å². The van der Waals surface area contributed by atoms with E-state index in [-0.39, 0.29) is 17.3 Å². The van der Waals surface area contributed by atoms with Crippen LogP contribution in [0.5, 0.6) is 0 Å². The summed E-state index contributed by atoms with van der Waals surface area (Å²) in [6.45, 7) is 7.57. The van der Waals surface area contributed by atoms with E-state index in [0.717, 1.165) is 18.6 Å². The monoisotopic (exact) mass is 281 g/mol. The summed E-state index contributed by atoms with van der Waals surface area (Å²) in [6.07, 6.45) is 0.641. The molecule has 0 spiro atoms. The van der Waals surface area contributed by atoms with Crippen LogP contribution in [0.1, 0.15) is 38.9 Å². The number of ether oxygens (including phenoxy) is 1. The molecule has 1 fully saturated rings. The van der Waals surface area contributed by atoms with Gasteiger partial charge in [0.1, 0.15) is 5.82 Å². The Balaban J connectivity index is 1.83. The van der Waals surface area contributed by atoms with Gasteiger partial charge >= 0.3 is 0 Å². The second-order valence-corrected chi connectivity index (χ2v) is 6.03. The lowest BCUT2D eigenvalue weighted by Crippen LogP contribution is -2.61. The van der Waals surface area contributed by atoms with Gasteiger partial charge in [0.25, 0.3) is 0 Å². The lowest BCUT2D eigenvalue weighted by molar-refractivity contribution is -0.115. The highest BCUT2D eigenvalue weighted by Gasteiger charge is 2.48. The molecular formula is C16H24FNO2. The fourth-order valence-corrected chi connectivity index (χ4v) is 2.77. The minimum atomic E-state index is -0.613. The van der Waals surface area contributed by atoms with Crippen molar-refractivity contribution in [1.82, 2.24) is 5.32 Å². The van der Waals surface area contributed by atoms with Crippen molar-refractivity contribution in [3.63, 3.8) is 0 Å². The Morgan fingerprint density at radius 3 is 2.60 bits per heavy atom. The van der Waals surface area contributed by atoms with E-state index in [2.05, 4.69) is 19.2 Å². The van der Waals surface area contributed by atoms with Crippen molar-refractivity contribution in [1.29, 1.82) is 0 Å². The zero-order chi connectivity index (χ0) is 14.8. The number of aliphatic hydroxyl groups excluding tert-OH is 1. The molecule has 0 aliphatic heterocycles. The van der Waals surface area contributed by atoms with Crippen molar-refractivity contribution in [2.45, 2.75) is 45.4 Å². The number of benzene rings is 1. The molecule has 1 saturated carbocycles. The molecule has 0 saturated heterocycles. The Bertz CT molecular complexity index is 433. The maximum Gasteiger partial charge on any atom is 0.123 e. The van der Waals surface area contributed by atoms with E-state index in [1.165, 1.54) is 12.1 Å². The maximum absolute atomic E-state index is 12.8. The average Bonchev–Trinajstić information content (AvgIpc) is 2.42. The second-order valence-electron chi connectivity index (χ2n) is 6.03. The molecule has 20 heavy (non-hydrogen) atoms. The Hall–Kier alpha value is -0.970. The molecule has 2 rings (SSSR count). The fraction of sp³-hybridized carbons (Fsp3) is 0.625. The van der Waals surface area contributed by atoms with Gasteiger partial charge in [-0.15, -0.1) is 0 Å². The summed E-state index contributed by atoms with van der Waals surface area (Å²) in [6, 6.07) is 6.33. The van der Waals surface area contributed by atoms with Crippen molar-refractivity contribution in [2.24, 2.45) is 5.41 Å². The lowest BCUT2D eigenvalue weighted by Gasteiger charge is -2.52. The van der Waals surface area contributed by atoms with Gasteiger partial charge in [-0.05, 0) is 31.0 Å². The van der Waals surface area contributed by atoms with Gasteiger partial charge < -0.3 is 15.2 Å². The molecular weight excluding hydrogens is 257 g/mol. The largest absolute Gasteiger partial charge is 0.387 e. The Kier molecular flexibility index (Phi) is 4.78. The van der Waals surface area contributed by atoms with Gasteiger partial charge in [-0.1, -0.05) is 26.0 Å². The van der Waals surface area contributed by atoms with Gasteiger partial charge in [0.15, 0.2) is 0 Å². The van der Waals surface area contributed by atoms with Crippen LogP contribution in [0.2, 0.25) is 0 Å². The normalized spacial score (nSPS) is 26.1. The van der Waals surface area contributed by atoms with Crippen LogP contribution >= 0.6 is 0 Å². The van der Waals surface area contributed by atoms with Crippen LogP contribution in [0.25, 0.3) is 0 Å². The molecule has 0 heterocycles. The molecule has 1 aromatic rings. The molecule has 1 aliphatic carbocycles. The number of nitrogens with one attached hydrogen (secondary N) is 1. The Morgan fingerprint density at radius 2 is 2.05 bits per heavy atom. The van der Waals surface area contributed by atoms with Crippen molar-refractivity contribution >= 4 is 0 Å². The molecule has 112 valence electrons. The molecule has 3 nitrogen and oxygen atoms in total. The Morgan fingerprint density at radius 1 is 1.40 bits per heavy atom. The van der Waals surface area contributed by atoms with Crippen molar-refractivity contribution in [3.05, 3.63) is 35.6 Å². The standard InChI is InChI=1S/C16H24FNO2/c1-4-20-15-9-14(16(15,2)3)18-10-13(19)11-5-7-12(17)8-6-11/h5-8,13-15,18-19H,4,9-10H2,1-3H3. The van der Waals surface area contributed by atoms with Gasteiger partial charge in [0.05, 0.1) is 12.2 Å². The second kappa shape index (κ2) is 6.20. The predicted molar refractivity (Wildman–Crippen MR) is 77.0 cm³/mol. The third-order valence-corrected chi connectivity index (χ3v) is 4.36. The van der Waals surface area contributed by atoms with E-state index in [4.69, 9.17) is 4.74 Å². The third kappa shape index (κ3) is 3.19. The summed E-state index contributed by atoms with van der Waals surface area (Å²) in [7, 11) is 0. The van der Waals surface area contributed by atoms with Crippen LogP contribution in [0, 0.1) is 11.2 Å². The van der Waals surface area contributed by atoms with Gasteiger partial charge in [-0.2, -0.15) is 0 Å². The van der Waals surface area contributed by atoms with Crippen molar-refractivity contribution < 1.29 is 14.2 Å². The van der Waals surface area contributed by atoms with E-state index in [9.17, 15) is 9.50 Å². The van der Waals surface area contributed by atoms with E-state index >= 15 is 0 Å². The van der Waals surface area contributed by atoms with Gasteiger partial charge in [0, 0.05) is 24.6 Å². The first-order valence-corrected chi connectivity index (χ1v) is 7.23. The number of aliphatic hydroxyl groups is 1. The highest BCUT2D eigenvalue weighted by Crippen LogP contribution is 2.42. The molecule has 0 aromatic heterocycles. The highest BCUT2D eigenvalue weighted by molar-refractivity contribution is 5.19. The topological polar surface area (TPSA) is 41.5 Å².